The quantitative estimate of drug-likeness (QED) is 0.416. The summed E-state index contributed by atoms with van der Waals surface area (Å²) in [6.07, 6.45) is 1.06. The number of carbonyl (C=O) groups excluding carboxylic acids is 1. The average Bonchev–Trinajstić information content (AvgIpc) is 3.17. The second-order valence-electron chi connectivity index (χ2n) is 7.72. The topological polar surface area (TPSA) is 81.1 Å². The monoisotopic (exact) mass is 487 g/mol. The molecule has 0 fully saturated rings. The lowest BCUT2D eigenvalue weighted by Gasteiger charge is -2.17. The largest absolute Gasteiger partial charge is 0.330 e. The normalized spacial score (nSPS) is 12.1. The van der Waals surface area contributed by atoms with E-state index < -0.39 is 38.9 Å². The van der Waals surface area contributed by atoms with E-state index in [0.717, 1.165) is 30.5 Å². The van der Waals surface area contributed by atoms with Crippen molar-refractivity contribution in [3.05, 3.63) is 89.5 Å². The number of hydrogen-bond acceptors (Lipinski definition) is 4. The Morgan fingerprint density at radius 1 is 1.06 bits per heavy atom. The van der Waals surface area contributed by atoms with Crippen LogP contribution >= 0.6 is 0 Å². The number of carbonyl (C=O) groups is 1. The molecule has 0 saturated heterocycles. The minimum atomic E-state index is -3.49. The number of aryl methyl sites for hydroxylation is 1. The first-order valence-corrected chi connectivity index (χ1v) is 12.2. The Bertz CT molecular complexity index is 1500. The molecule has 0 bridgehead atoms. The number of rotatable bonds is 6. The van der Waals surface area contributed by atoms with Gasteiger partial charge in [-0.25, -0.2) is 17.8 Å². The van der Waals surface area contributed by atoms with Crippen molar-refractivity contribution >= 4 is 32.5 Å². The fourth-order valence-electron chi connectivity index (χ4n) is 3.62. The van der Waals surface area contributed by atoms with E-state index >= 15 is 8.78 Å². The van der Waals surface area contributed by atoms with Crippen molar-refractivity contribution in [2.45, 2.75) is 24.3 Å². The maximum atomic E-state index is 15.3. The molecule has 176 valence electrons. The molecule has 1 heterocycles. The van der Waals surface area contributed by atoms with Gasteiger partial charge in [0.25, 0.3) is 5.91 Å². The molecule has 1 aromatic heterocycles. The standard InChI is InChI=1S/C24H20F3N3O3S/c1-3-30-21-13-15(22(31)28-18-5-4-6-19(14-18)34(2,32)33)7-12-20(21)29-23(30)24(26,27)16-8-10-17(25)11-9-16/h4-14H,3H2,1-2H3,(H,28,31). The van der Waals surface area contributed by atoms with E-state index in [1.165, 1.54) is 41.0 Å². The highest BCUT2D eigenvalue weighted by molar-refractivity contribution is 7.90. The van der Waals surface area contributed by atoms with Gasteiger partial charge in [-0.3, -0.25) is 4.79 Å². The smallest absolute Gasteiger partial charge is 0.323 e. The summed E-state index contributed by atoms with van der Waals surface area (Å²) in [5, 5.41) is 2.62. The van der Waals surface area contributed by atoms with E-state index in [1.807, 2.05) is 0 Å². The van der Waals surface area contributed by atoms with Crippen LogP contribution in [0.25, 0.3) is 11.0 Å². The number of sulfone groups is 1. The number of amides is 1. The molecular formula is C24H20F3N3O3S. The van der Waals surface area contributed by atoms with E-state index in [0.29, 0.717) is 5.52 Å². The molecule has 0 unspecified atom stereocenters. The van der Waals surface area contributed by atoms with E-state index in [1.54, 1.807) is 13.0 Å². The summed E-state index contributed by atoms with van der Waals surface area (Å²) in [6, 6.07) is 14.1. The van der Waals surface area contributed by atoms with Gasteiger partial charge in [0.15, 0.2) is 15.7 Å². The van der Waals surface area contributed by atoms with Gasteiger partial charge in [0, 0.05) is 29.6 Å². The molecule has 0 saturated carbocycles. The predicted octanol–water partition coefficient (Wildman–Crippen LogP) is 4.99. The van der Waals surface area contributed by atoms with Gasteiger partial charge in [-0.05, 0) is 67.6 Å². The number of halogens is 3. The molecule has 0 spiro atoms. The molecule has 0 aliphatic heterocycles. The minimum absolute atomic E-state index is 0.0532. The van der Waals surface area contributed by atoms with Gasteiger partial charge in [-0.15, -0.1) is 0 Å². The summed E-state index contributed by atoms with van der Waals surface area (Å²) in [5.74, 6) is -5.17. The number of aromatic nitrogens is 2. The van der Waals surface area contributed by atoms with Crippen LogP contribution in [0.15, 0.2) is 71.6 Å². The maximum Gasteiger partial charge on any atom is 0.330 e. The summed E-state index contributed by atoms with van der Waals surface area (Å²) in [6.45, 7) is 1.83. The van der Waals surface area contributed by atoms with Crippen LogP contribution in [0, 0.1) is 5.82 Å². The molecule has 1 amide bonds. The van der Waals surface area contributed by atoms with Crippen molar-refractivity contribution in [3.63, 3.8) is 0 Å². The summed E-state index contributed by atoms with van der Waals surface area (Å²) >= 11 is 0. The Morgan fingerprint density at radius 2 is 1.76 bits per heavy atom. The third-order valence-electron chi connectivity index (χ3n) is 5.33. The third-order valence-corrected chi connectivity index (χ3v) is 6.44. The summed E-state index contributed by atoms with van der Waals surface area (Å²) < 4.78 is 68.5. The van der Waals surface area contributed by atoms with Gasteiger partial charge >= 0.3 is 5.92 Å². The van der Waals surface area contributed by atoms with Gasteiger partial charge in [0.2, 0.25) is 0 Å². The Kier molecular flexibility index (Phi) is 5.94. The molecule has 0 radical (unpaired) electrons. The number of anilines is 1. The van der Waals surface area contributed by atoms with Gasteiger partial charge in [-0.2, -0.15) is 8.78 Å². The number of nitrogens with zero attached hydrogens (tertiary/aromatic N) is 2. The molecule has 0 aliphatic rings. The van der Waals surface area contributed by atoms with Crippen molar-refractivity contribution in [2.24, 2.45) is 0 Å². The van der Waals surface area contributed by atoms with Crippen molar-refractivity contribution in [1.82, 2.24) is 9.55 Å². The number of benzene rings is 3. The fourth-order valence-corrected chi connectivity index (χ4v) is 4.29. The first-order chi connectivity index (χ1) is 16.0. The lowest BCUT2D eigenvalue weighted by Crippen LogP contribution is -2.21. The van der Waals surface area contributed by atoms with Gasteiger partial charge in [-0.1, -0.05) is 6.07 Å². The van der Waals surface area contributed by atoms with Crippen molar-refractivity contribution < 1.29 is 26.4 Å². The van der Waals surface area contributed by atoms with Crippen LogP contribution in [0.3, 0.4) is 0 Å². The molecule has 4 aromatic rings. The molecular weight excluding hydrogens is 467 g/mol. The van der Waals surface area contributed by atoms with Gasteiger partial charge in [0.1, 0.15) is 5.82 Å². The second-order valence-corrected chi connectivity index (χ2v) is 9.73. The first kappa shape index (κ1) is 23.5. The zero-order valence-corrected chi connectivity index (χ0v) is 19.0. The van der Waals surface area contributed by atoms with Crippen LogP contribution in [-0.4, -0.2) is 30.1 Å². The Labute approximate surface area is 194 Å². The summed E-state index contributed by atoms with van der Waals surface area (Å²) in [5.41, 5.74) is 0.665. The fraction of sp³-hybridized carbons (Fsp3) is 0.167. The molecule has 4 rings (SSSR count). The Balaban J connectivity index is 1.71. The highest BCUT2D eigenvalue weighted by atomic mass is 32.2. The van der Waals surface area contributed by atoms with Crippen LogP contribution in [0.4, 0.5) is 18.9 Å². The molecule has 0 atom stereocenters. The third kappa shape index (κ3) is 4.41. The van der Waals surface area contributed by atoms with Crippen molar-refractivity contribution in [3.8, 4) is 0 Å². The lowest BCUT2D eigenvalue weighted by atomic mass is 10.1. The number of fused-ring (bicyclic) bond motifs is 1. The van der Waals surface area contributed by atoms with Crippen LogP contribution in [0.5, 0.6) is 0 Å². The molecule has 34 heavy (non-hydrogen) atoms. The molecule has 0 aliphatic carbocycles. The summed E-state index contributed by atoms with van der Waals surface area (Å²) in [4.78, 5) is 17.0. The zero-order valence-electron chi connectivity index (χ0n) is 18.2. The lowest BCUT2D eigenvalue weighted by molar-refractivity contribution is 0.0296. The average molecular weight is 488 g/mol. The highest BCUT2D eigenvalue weighted by Gasteiger charge is 2.39. The van der Waals surface area contributed by atoms with Crippen molar-refractivity contribution in [2.75, 3.05) is 11.6 Å². The van der Waals surface area contributed by atoms with E-state index in [2.05, 4.69) is 10.3 Å². The molecule has 10 heteroatoms. The van der Waals surface area contributed by atoms with Crippen LogP contribution < -0.4 is 5.32 Å². The number of hydrogen-bond donors (Lipinski definition) is 1. The Hall–Kier alpha value is -3.66. The maximum absolute atomic E-state index is 15.3. The summed E-state index contributed by atoms with van der Waals surface area (Å²) in [7, 11) is -3.45. The van der Waals surface area contributed by atoms with Gasteiger partial charge < -0.3 is 9.88 Å². The number of alkyl halides is 2. The Morgan fingerprint density at radius 3 is 2.41 bits per heavy atom. The molecule has 1 N–H and O–H groups in total. The molecule has 3 aromatic carbocycles. The molecule has 6 nitrogen and oxygen atoms in total. The van der Waals surface area contributed by atoms with E-state index in [4.69, 9.17) is 0 Å². The predicted molar refractivity (Wildman–Crippen MR) is 122 cm³/mol. The number of imidazole rings is 1. The van der Waals surface area contributed by atoms with E-state index in [9.17, 15) is 17.6 Å². The first-order valence-electron chi connectivity index (χ1n) is 10.3. The van der Waals surface area contributed by atoms with E-state index in [-0.39, 0.29) is 28.2 Å². The SMILES string of the molecule is CCn1c(C(F)(F)c2ccc(F)cc2)nc2ccc(C(=O)Nc3cccc(S(C)(=O)=O)c3)cc21. The van der Waals surface area contributed by atoms with Gasteiger partial charge in [0.05, 0.1) is 15.9 Å². The minimum Gasteiger partial charge on any atom is -0.323 e. The second kappa shape index (κ2) is 8.60. The van der Waals surface area contributed by atoms with Crippen LogP contribution in [-0.2, 0) is 22.3 Å². The highest BCUT2D eigenvalue weighted by Crippen LogP contribution is 2.37. The van der Waals surface area contributed by atoms with Crippen LogP contribution in [0.2, 0.25) is 0 Å². The zero-order chi connectivity index (χ0) is 24.7. The van der Waals surface area contributed by atoms with Crippen LogP contribution in [0.1, 0.15) is 28.7 Å². The van der Waals surface area contributed by atoms with Crippen molar-refractivity contribution in [1.29, 1.82) is 0 Å². The number of nitrogens with one attached hydrogen (secondary N) is 1.